The Hall–Kier alpha value is -0.590. The first-order valence-corrected chi connectivity index (χ1v) is 6.89. The largest absolute Gasteiger partial charge is 0.398 e. The van der Waals surface area contributed by atoms with Gasteiger partial charge < -0.3 is 5.73 Å². The minimum absolute atomic E-state index is 0.443. The van der Waals surface area contributed by atoms with Crippen molar-refractivity contribution in [2.75, 3.05) is 5.73 Å². The number of aryl methyl sites for hydroxylation is 2. The number of aromatic nitrogens is 2. The Bertz CT molecular complexity index is 497. The second kappa shape index (κ2) is 7.11. The van der Waals surface area contributed by atoms with E-state index in [1.54, 1.807) is 18.5 Å². The van der Waals surface area contributed by atoms with Gasteiger partial charge in [-0.1, -0.05) is 23.2 Å². The van der Waals surface area contributed by atoms with Crippen LogP contribution in [-0.2, 0) is 0 Å². The van der Waals surface area contributed by atoms with Crippen molar-refractivity contribution >= 4 is 51.5 Å². The molecule has 0 saturated heterocycles. The van der Waals surface area contributed by atoms with Crippen molar-refractivity contribution < 1.29 is 0 Å². The van der Waals surface area contributed by atoms with Gasteiger partial charge in [0.05, 0.1) is 0 Å². The summed E-state index contributed by atoms with van der Waals surface area (Å²) < 4.78 is 1.16. The standard InChI is InChI=1S/C6H5ClIN.C6H7ClN2/c2*1-4-3-9-6(7)2-5(4)8/h2-3H,1H3;2-3H,1H3,(H2,8,9). The van der Waals surface area contributed by atoms with Crippen molar-refractivity contribution in [3.63, 3.8) is 0 Å². The lowest BCUT2D eigenvalue weighted by Gasteiger charge is -1.96. The minimum atomic E-state index is 0.443. The molecular weight excluding hydrogens is 384 g/mol. The van der Waals surface area contributed by atoms with Crippen LogP contribution in [-0.4, -0.2) is 9.97 Å². The Balaban J connectivity index is 0.000000180. The van der Waals surface area contributed by atoms with Crippen molar-refractivity contribution in [3.05, 3.63) is 49.5 Å². The molecular formula is C12H12Cl2IN3. The van der Waals surface area contributed by atoms with Crippen molar-refractivity contribution in [3.8, 4) is 0 Å². The van der Waals surface area contributed by atoms with Gasteiger partial charge in [-0.05, 0) is 59.7 Å². The van der Waals surface area contributed by atoms with Crippen LogP contribution in [0.1, 0.15) is 11.1 Å². The molecule has 0 unspecified atom stereocenters. The van der Waals surface area contributed by atoms with Crippen molar-refractivity contribution in [1.29, 1.82) is 0 Å². The summed E-state index contributed by atoms with van der Waals surface area (Å²) >= 11 is 13.4. The average molecular weight is 396 g/mol. The maximum Gasteiger partial charge on any atom is 0.131 e. The lowest BCUT2D eigenvalue weighted by molar-refractivity contribution is 1.25. The summed E-state index contributed by atoms with van der Waals surface area (Å²) in [6.07, 6.45) is 3.42. The zero-order valence-electron chi connectivity index (χ0n) is 9.92. The van der Waals surface area contributed by atoms with Crippen LogP contribution in [0.5, 0.6) is 0 Å². The fourth-order valence-electron chi connectivity index (χ4n) is 0.988. The molecule has 2 N–H and O–H groups in total. The monoisotopic (exact) mass is 395 g/mol. The average Bonchev–Trinajstić information content (AvgIpc) is 2.30. The Morgan fingerprint density at radius 3 is 1.89 bits per heavy atom. The van der Waals surface area contributed by atoms with Crippen LogP contribution < -0.4 is 5.73 Å². The van der Waals surface area contributed by atoms with E-state index in [2.05, 4.69) is 32.6 Å². The number of hydrogen-bond acceptors (Lipinski definition) is 3. The lowest BCUT2D eigenvalue weighted by atomic mass is 10.3. The molecule has 0 radical (unpaired) electrons. The van der Waals surface area contributed by atoms with Crippen LogP contribution in [0.4, 0.5) is 5.69 Å². The van der Waals surface area contributed by atoms with Crippen molar-refractivity contribution in [2.45, 2.75) is 13.8 Å². The molecule has 3 nitrogen and oxygen atoms in total. The molecule has 0 atom stereocenters. The topological polar surface area (TPSA) is 51.8 Å². The predicted octanol–water partition coefficient (Wildman–Crippen LogP) is 4.27. The maximum absolute atomic E-state index is 5.60. The second-order valence-electron chi connectivity index (χ2n) is 3.62. The molecule has 0 aromatic carbocycles. The molecule has 0 saturated carbocycles. The SMILES string of the molecule is Cc1cnc(Cl)cc1I.Cc1cnc(Cl)cc1N. The second-order valence-corrected chi connectivity index (χ2v) is 5.56. The number of nitrogens with two attached hydrogens (primary N) is 1. The predicted molar refractivity (Wildman–Crippen MR) is 85.1 cm³/mol. The van der Waals surface area contributed by atoms with Crippen LogP contribution >= 0.6 is 45.8 Å². The quantitative estimate of drug-likeness (QED) is 0.535. The molecule has 0 aliphatic carbocycles. The van der Waals surface area contributed by atoms with Gasteiger partial charge in [0.25, 0.3) is 0 Å². The summed E-state index contributed by atoms with van der Waals surface area (Å²) in [6, 6.07) is 3.48. The smallest absolute Gasteiger partial charge is 0.131 e. The van der Waals surface area contributed by atoms with Gasteiger partial charge in [0.1, 0.15) is 10.3 Å². The molecule has 2 aromatic rings. The van der Waals surface area contributed by atoms with Gasteiger partial charge in [0.2, 0.25) is 0 Å². The zero-order chi connectivity index (χ0) is 13.7. The summed E-state index contributed by atoms with van der Waals surface area (Å²) in [5, 5.41) is 1.00. The third kappa shape index (κ3) is 4.96. The van der Waals surface area contributed by atoms with E-state index < -0.39 is 0 Å². The molecule has 2 rings (SSSR count). The molecule has 0 spiro atoms. The summed E-state index contributed by atoms with van der Waals surface area (Å²) in [7, 11) is 0. The number of nitrogens with zero attached hydrogens (tertiary/aromatic N) is 2. The molecule has 0 bridgehead atoms. The highest BCUT2D eigenvalue weighted by molar-refractivity contribution is 14.1. The third-order valence-electron chi connectivity index (χ3n) is 2.12. The highest BCUT2D eigenvalue weighted by Gasteiger charge is 1.94. The van der Waals surface area contributed by atoms with E-state index >= 15 is 0 Å². The van der Waals surface area contributed by atoms with E-state index in [4.69, 9.17) is 28.9 Å². The molecule has 0 aliphatic rings. The van der Waals surface area contributed by atoms with Crippen molar-refractivity contribution in [2.24, 2.45) is 0 Å². The Morgan fingerprint density at radius 1 is 1.00 bits per heavy atom. The molecule has 0 amide bonds. The first-order chi connectivity index (χ1) is 8.40. The third-order valence-corrected chi connectivity index (χ3v) is 3.69. The van der Waals surface area contributed by atoms with Gasteiger partial charge in [-0.2, -0.15) is 0 Å². The highest BCUT2D eigenvalue weighted by Crippen LogP contribution is 2.13. The van der Waals surface area contributed by atoms with Crippen LogP contribution in [0.15, 0.2) is 24.5 Å². The lowest BCUT2D eigenvalue weighted by Crippen LogP contribution is -1.89. The van der Waals surface area contributed by atoms with Crippen LogP contribution in [0.25, 0.3) is 0 Å². The Labute approximate surface area is 130 Å². The molecule has 96 valence electrons. The number of hydrogen-bond donors (Lipinski definition) is 1. The van der Waals surface area contributed by atoms with E-state index in [1.165, 1.54) is 5.56 Å². The van der Waals surface area contributed by atoms with Gasteiger partial charge in [-0.3, -0.25) is 0 Å². The highest BCUT2D eigenvalue weighted by atomic mass is 127. The van der Waals surface area contributed by atoms with Gasteiger partial charge in [-0.25, -0.2) is 9.97 Å². The van der Waals surface area contributed by atoms with Gasteiger partial charge in [-0.15, -0.1) is 0 Å². The van der Waals surface area contributed by atoms with Gasteiger partial charge in [0.15, 0.2) is 0 Å². The van der Waals surface area contributed by atoms with Gasteiger partial charge >= 0.3 is 0 Å². The minimum Gasteiger partial charge on any atom is -0.398 e. The molecule has 2 aromatic heterocycles. The normalized spacial score (nSPS) is 9.61. The number of nitrogen functional groups attached to an aromatic ring is 1. The van der Waals surface area contributed by atoms with Crippen LogP contribution in [0.3, 0.4) is 0 Å². The van der Waals surface area contributed by atoms with E-state index in [9.17, 15) is 0 Å². The molecule has 2 heterocycles. The first-order valence-electron chi connectivity index (χ1n) is 5.05. The number of pyridine rings is 2. The van der Waals surface area contributed by atoms with E-state index in [0.717, 1.165) is 9.13 Å². The summed E-state index contributed by atoms with van der Waals surface area (Å²) in [5.41, 5.74) is 8.31. The number of anilines is 1. The Morgan fingerprint density at radius 2 is 1.50 bits per heavy atom. The molecule has 0 aliphatic heterocycles. The number of halogens is 3. The van der Waals surface area contributed by atoms with E-state index in [0.29, 0.717) is 16.0 Å². The van der Waals surface area contributed by atoms with Crippen LogP contribution in [0.2, 0.25) is 10.3 Å². The molecule has 0 fully saturated rings. The molecule has 18 heavy (non-hydrogen) atoms. The molecule has 6 heteroatoms. The van der Waals surface area contributed by atoms with E-state index in [1.807, 2.05) is 19.9 Å². The first kappa shape index (κ1) is 15.5. The summed E-state index contributed by atoms with van der Waals surface area (Å²) in [5.74, 6) is 0. The fraction of sp³-hybridized carbons (Fsp3) is 0.167. The summed E-state index contributed by atoms with van der Waals surface area (Å²) in [6.45, 7) is 3.89. The fourth-order valence-corrected chi connectivity index (χ4v) is 1.93. The summed E-state index contributed by atoms with van der Waals surface area (Å²) in [4.78, 5) is 7.73. The van der Waals surface area contributed by atoms with Crippen LogP contribution in [0, 0.1) is 17.4 Å². The maximum atomic E-state index is 5.60. The Kier molecular flexibility index (Phi) is 6.11. The number of rotatable bonds is 0. The van der Waals surface area contributed by atoms with Crippen molar-refractivity contribution in [1.82, 2.24) is 9.97 Å². The van der Waals surface area contributed by atoms with Gasteiger partial charge in [0, 0.05) is 21.7 Å². The van der Waals surface area contributed by atoms with E-state index in [-0.39, 0.29) is 0 Å². The zero-order valence-corrected chi connectivity index (χ0v) is 13.6.